The topological polar surface area (TPSA) is 50.9 Å². The number of aromatic nitrogens is 1. The minimum atomic E-state index is 0.741. The van der Waals surface area contributed by atoms with E-state index in [1.54, 1.807) is 18.6 Å². The molecule has 0 aromatic carbocycles. The third kappa shape index (κ3) is 3.00. The molecule has 98 valence electrons. The number of aliphatic imine (C=N–C) groups is 1. The molecule has 1 saturated heterocycles. The third-order valence-electron chi connectivity index (χ3n) is 2.92. The van der Waals surface area contributed by atoms with Crippen LogP contribution in [0, 0.1) is 0 Å². The van der Waals surface area contributed by atoms with Gasteiger partial charge in [0.05, 0.1) is 31.3 Å². The molecule has 1 aliphatic heterocycles. The van der Waals surface area contributed by atoms with E-state index in [2.05, 4.69) is 14.9 Å². The van der Waals surface area contributed by atoms with Crippen LogP contribution in [0.5, 0.6) is 0 Å². The summed E-state index contributed by atoms with van der Waals surface area (Å²) in [7, 11) is 0. The van der Waals surface area contributed by atoms with E-state index in [0.717, 1.165) is 43.6 Å². The highest BCUT2D eigenvalue weighted by Gasteiger charge is 2.13. The second kappa shape index (κ2) is 5.67. The Morgan fingerprint density at radius 2 is 2.11 bits per heavy atom. The summed E-state index contributed by atoms with van der Waals surface area (Å²) in [4.78, 5) is 10.5. The first-order valence-corrected chi connectivity index (χ1v) is 6.28. The molecule has 19 heavy (non-hydrogen) atoms. The number of hydrogen-bond acceptors (Lipinski definition) is 5. The smallest absolute Gasteiger partial charge is 0.196 e. The monoisotopic (exact) mass is 257 g/mol. The number of pyridine rings is 1. The minimum absolute atomic E-state index is 0.741. The van der Waals surface area contributed by atoms with Crippen LogP contribution < -0.4 is 4.90 Å². The number of morpholine rings is 1. The van der Waals surface area contributed by atoms with E-state index in [9.17, 15) is 0 Å². The summed E-state index contributed by atoms with van der Waals surface area (Å²) in [5.41, 5.74) is 0.812. The molecule has 5 heteroatoms. The largest absolute Gasteiger partial charge is 0.440 e. The van der Waals surface area contributed by atoms with Gasteiger partial charge in [-0.1, -0.05) is 0 Å². The van der Waals surface area contributed by atoms with Gasteiger partial charge in [0, 0.05) is 25.4 Å². The average Bonchev–Trinajstić information content (AvgIpc) is 2.96. The molecule has 3 rings (SSSR count). The summed E-state index contributed by atoms with van der Waals surface area (Å²) in [6.07, 6.45) is 5.14. The Morgan fingerprint density at radius 1 is 1.21 bits per heavy atom. The first-order chi connectivity index (χ1) is 9.42. The van der Waals surface area contributed by atoms with Crippen LogP contribution in [0.3, 0.4) is 0 Å². The number of furan rings is 1. The normalized spacial score (nSPS) is 16.1. The van der Waals surface area contributed by atoms with E-state index in [0.29, 0.717) is 0 Å². The maximum Gasteiger partial charge on any atom is 0.196 e. The Bertz CT molecular complexity index is 545. The number of ether oxygens (including phenoxy) is 1. The Kier molecular flexibility index (Phi) is 3.56. The molecule has 0 spiro atoms. The van der Waals surface area contributed by atoms with Crippen molar-refractivity contribution >= 4 is 17.8 Å². The first kappa shape index (κ1) is 11.9. The van der Waals surface area contributed by atoms with Crippen molar-refractivity contribution in [2.45, 2.75) is 0 Å². The fraction of sp³-hybridized carbons (Fsp3) is 0.286. The van der Waals surface area contributed by atoms with Crippen molar-refractivity contribution in [3.8, 4) is 0 Å². The second-order valence-corrected chi connectivity index (χ2v) is 4.24. The van der Waals surface area contributed by atoms with E-state index in [4.69, 9.17) is 9.15 Å². The van der Waals surface area contributed by atoms with E-state index < -0.39 is 0 Å². The molecule has 3 heterocycles. The highest BCUT2D eigenvalue weighted by molar-refractivity contribution is 5.79. The van der Waals surface area contributed by atoms with Crippen molar-refractivity contribution in [3.63, 3.8) is 0 Å². The van der Waals surface area contributed by atoms with Gasteiger partial charge < -0.3 is 14.1 Å². The van der Waals surface area contributed by atoms with Crippen LogP contribution in [0.1, 0.15) is 5.76 Å². The van der Waals surface area contributed by atoms with Crippen LogP contribution in [-0.2, 0) is 4.74 Å². The molecule has 0 radical (unpaired) electrons. The Morgan fingerprint density at radius 3 is 2.89 bits per heavy atom. The van der Waals surface area contributed by atoms with Gasteiger partial charge in [-0.2, -0.15) is 0 Å². The van der Waals surface area contributed by atoms with Crippen molar-refractivity contribution in [1.82, 2.24) is 4.98 Å². The maximum absolute atomic E-state index is 5.75. The lowest BCUT2D eigenvalue weighted by atomic mass is 10.4. The molecule has 0 atom stereocenters. The van der Waals surface area contributed by atoms with Crippen LogP contribution in [0.4, 0.5) is 11.6 Å². The molecule has 0 bridgehead atoms. The SMILES string of the molecule is C(=Nc1cccnc1)c1ccc(N2CCOCC2)o1. The number of hydrogen-bond donors (Lipinski definition) is 0. The van der Waals surface area contributed by atoms with Gasteiger partial charge in [-0.05, 0) is 18.2 Å². The molecule has 0 aliphatic carbocycles. The second-order valence-electron chi connectivity index (χ2n) is 4.24. The lowest BCUT2D eigenvalue weighted by Crippen LogP contribution is -2.35. The highest BCUT2D eigenvalue weighted by Crippen LogP contribution is 2.19. The zero-order chi connectivity index (χ0) is 12.9. The standard InChI is InChI=1S/C14H15N3O2/c1-2-12(10-15-5-1)16-11-13-3-4-14(19-13)17-6-8-18-9-7-17/h1-5,10-11H,6-9H2. The average molecular weight is 257 g/mol. The molecule has 0 N–H and O–H groups in total. The number of anilines is 1. The summed E-state index contributed by atoms with van der Waals surface area (Å²) < 4.78 is 11.1. The quantitative estimate of drug-likeness (QED) is 0.791. The zero-order valence-electron chi connectivity index (χ0n) is 10.5. The molecular formula is C14H15N3O2. The van der Waals surface area contributed by atoms with Gasteiger partial charge in [-0.3, -0.25) is 9.98 Å². The number of rotatable bonds is 3. The molecule has 1 aliphatic rings. The van der Waals surface area contributed by atoms with Crippen LogP contribution >= 0.6 is 0 Å². The van der Waals surface area contributed by atoms with Gasteiger partial charge in [0.15, 0.2) is 5.88 Å². The Labute approximate surface area is 111 Å². The van der Waals surface area contributed by atoms with Gasteiger partial charge in [-0.25, -0.2) is 0 Å². The van der Waals surface area contributed by atoms with E-state index in [1.165, 1.54) is 0 Å². The summed E-state index contributed by atoms with van der Waals surface area (Å²) in [6.45, 7) is 3.24. The van der Waals surface area contributed by atoms with E-state index in [-0.39, 0.29) is 0 Å². The highest BCUT2D eigenvalue weighted by atomic mass is 16.5. The van der Waals surface area contributed by atoms with E-state index >= 15 is 0 Å². The third-order valence-corrected chi connectivity index (χ3v) is 2.92. The van der Waals surface area contributed by atoms with Crippen LogP contribution in [0.2, 0.25) is 0 Å². The van der Waals surface area contributed by atoms with Gasteiger partial charge in [0.25, 0.3) is 0 Å². The summed E-state index contributed by atoms with van der Waals surface area (Å²) in [6, 6.07) is 7.64. The van der Waals surface area contributed by atoms with Crippen molar-refractivity contribution < 1.29 is 9.15 Å². The molecule has 1 fully saturated rings. The Hall–Kier alpha value is -2.14. The zero-order valence-corrected chi connectivity index (χ0v) is 10.5. The minimum Gasteiger partial charge on any atom is -0.440 e. The summed E-state index contributed by atoms with van der Waals surface area (Å²) >= 11 is 0. The van der Waals surface area contributed by atoms with Crippen molar-refractivity contribution in [1.29, 1.82) is 0 Å². The Balaban J connectivity index is 1.69. The van der Waals surface area contributed by atoms with Crippen molar-refractivity contribution in [2.24, 2.45) is 4.99 Å². The van der Waals surface area contributed by atoms with Crippen molar-refractivity contribution in [2.75, 3.05) is 31.2 Å². The predicted molar refractivity (Wildman–Crippen MR) is 73.2 cm³/mol. The maximum atomic E-state index is 5.75. The van der Waals surface area contributed by atoms with Crippen LogP contribution in [0.25, 0.3) is 0 Å². The fourth-order valence-electron chi connectivity index (χ4n) is 1.93. The molecule has 0 amide bonds. The van der Waals surface area contributed by atoms with Gasteiger partial charge in [0.2, 0.25) is 0 Å². The molecule has 5 nitrogen and oxygen atoms in total. The first-order valence-electron chi connectivity index (χ1n) is 6.28. The molecule has 2 aromatic heterocycles. The van der Waals surface area contributed by atoms with Crippen LogP contribution in [-0.4, -0.2) is 37.5 Å². The molecule has 0 saturated carbocycles. The van der Waals surface area contributed by atoms with Gasteiger partial charge in [0.1, 0.15) is 5.76 Å². The predicted octanol–water partition coefficient (Wildman–Crippen LogP) is 2.26. The van der Waals surface area contributed by atoms with E-state index in [1.807, 2.05) is 24.3 Å². The van der Waals surface area contributed by atoms with Crippen molar-refractivity contribution in [3.05, 3.63) is 42.4 Å². The van der Waals surface area contributed by atoms with Crippen LogP contribution in [0.15, 0.2) is 46.1 Å². The lowest BCUT2D eigenvalue weighted by molar-refractivity contribution is 0.120. The summed E-state index contributed by atoms with van der Waals surface area (Å²) in [5, 5.41) is 0. The fourth-order valence-corrected chi connectivity index (χ4v) is 1.93. The molecule has 2 aromatic rings. The van der Waals surface area contributed by atoms with Gasteiger partial charge in [-0.15, -0.1) is 0 Å². The lowest BCUT2D eigenvalue weighted by Gasteiger charge is -2.26. The molecular weight excluding hydrogens is 242 g/mol. The summed E-state index contributed by atoms with van der Waals surface area (Å²) in [5.74, 6) is 1.61. The van der Waals surface area contributed by atoms with Gasteiger partial charge >= 0.3 is 0 Å². The molecule has 0 unspecified atom stereocenters. The number of nitrogens with zero attached hydrogens (tertiary/aromatic N) is 3.